The molecule has 0 radical (unpaired) electrons. The molecule has 0 amide bonds. The molecule has 0 saturated carbocycles. The van der Waals surface area contributed by atoms with Crippen LogP contribution in [0.3, 0.4) is 0 Å². The van der Waals surface area contributed by atoms with Gasteiger partial charge in [0.05, 0.1) is 0 Å². The number of hydrogen-bond donors (Lipinski definition) is 0. The van der Waals surface area contributed by atoms with Gasteiger partial charge in [0.25, 0.3) is 0 Å². The van der Waals surface area contributed by atoms with Crippen LogP contribution in [0.4, 0.5) is 13.2 Å². The fraction of sp³-hybridized carbons (Fsp3) is 0.250. The van der Waals surface area contributed by atoms with Crippen molar-refractivity contribution < 1.29 is 13.2 Å². The lowest BCUT2D eigenvalue weighted by molar-refractivity contribution is 0.295. The van der Waals surface area contributed by atoms with E-state index in [1.54, 1.807) is 6.92 Å². The molecule has 13 heavy (non-hydrogen) atoms. The van der Waals surface area contributed by atoms with Crippen LogP contribution < -0.4 is 0 Å². The molecule has 1 aromatic carbocycles. The van der Waals surface area contributed by atoms with Gasteiger partial charge in [0.15, 0.2) is 0 Å². The maximum atomic E-state index is 12.4. The zero-order valence-corrected chi connectivity index (χ0v) is 8.26. The molecule has 0 aliphatic carbocycles. The average Bonchev–Trinajstić information content (AvgIpc) is 2.01. The fourth-order valence-corrected chi connectivity index (χ4v) is 1.07. The second kappa shape index (κ2) is 6.11. The van der Waals surface area contributed by atoms with Crippen molar-refractivity contribution >= 4 is 23.2 Å². The highest BCUT2D eigenvalue weighted by atomic mass is 35.5. The van der Waals surface area contributed by atoms with Gasteiger partial charge in [-0.2, -0.15) is 0 Å². The summed E-state index contributed by atoms with van der Waals surface area (Å²) in [6, 6.07) is 2.48. The Balaban J connectivity index is 0.000000424. The molecular formula is C8H7Cl2F3. The van der Waals surface area contributed by atoms with Crippen molar-refractivity contribution in [3.63, 3.8) is 0 Å². The zero-order chi connectivity index (χ0) is 10.4. The van der Waals surface area contributed by atoms with Crippen molar-refractivity contribution in [1.29, 1.82) is 0 Å². The van der Waals surface area contributed by atoms with Crippen molar-refractivity contribution in [2.24, 2.45) is 0 Å². The molecule has 5 heteroatoms. The fourth-order valence-electron chi connectivity index (χ4n) is 0.614. The van der Waals surface area contributed by atoms with Crippen LogP contribution in [0.15, 0.2) is 12.1 Å². The monoisotopic (exact) mass is 230 g/mol. The zero-order valence-electron chi connectivity index (χ0n) is 6.75. The quantitative estimate of drug-likeness (QED) is 0.623. The molecular weight excluding hydrogens is 224 g/mol. The molecule has 0 nitrogen and oxygen atoms in total. The molecule has 1 aromatic rings. The van der Waals surface area contributed by atoms with Crippen molar-refractivity contribution in [2.75, 3.05) is 6.93 Å². The SMILES string of the molecule is Cc1c(Cl)cc(F)cc1Cl.FCF. The standard InChI is InChI=1S/C7H5Cl2F.CH2F2/c1-4-6(8)2-5(10)3-7(4)9;2-1-3/h2-3H,1H3;1H2. The van der Waals surface area contributed by atoms with Crippen LogP contribution in [-0.2, 0) is 0 Å². The smallest absolute Gasteiger partial charge is 0.214 e. The van der Waals surface area contributed by atoms with Gasteiger partial charge in [-0.15, -0.1) is 0 Å². The molecule has 0 saturated heterocycles. The Morgan fingerprint density at radius 1 is 1.15 bits per heavy atom. The number of hydrogen-bond acceptors (Lipinski definition) is 0. The molecule has 0 aromatic heterocycles. The lowest BCUT2D eigenvalue weighted by atomic mass is 10.2. The number of benzene rings is 1. The van der Waals surface area contributed by atoms with E-state index in [4.69, 9.17) is 23.2 Å². The summed E-state index contributed by atoms with van der Waals surface area (Å²) in [6.07, 6.45) is 0. The highest BCUT2D eigenvalue weighted by molar-refractivity contribution is 6.35. The Bertz CT molecular complexity index is 253. The van der Waals surface area contributed by atoms with E-state index in [-0.39, 0.29) is 0 Å². The summed E-state index contributed by atoms with van der Waals surface area (Å²) in [5.74, 6) is -0.402. The lowest BCUT2D eigenvalue weighted by Gasteiger charge is -1.99. The Morgan fingerprint density at radius 3 is 1.77 bits per heavy atom. The Morgan fingerprint density at radius 2 is 1.46 bits per heavy atom. The van der Waals surface area contributed by atoms with E-state index in [1.807, 2.05) is 0 Å². The van der Waals surface area contributed by atoms with E-state index in [0.717, 1.165) is 0 Å². The van der Waals surface area contributed by atoms with Gasteiger partial charge in [0, 0.05) is 10.0 Å². The van der Waals surface area contributed by atoms with Gasteiger partial charge >= 0.3 is 0 Å². The molecule has 0 N–H and O–H groups in total. The van der Waals surface area contributed by atoms with E-state index in [0.29, 0.717) is 15.6 Å². The van der Waals surface area contributed by atoms with E-state index >= 15 is 0 Å². The minimum absolute atomic E-state index is 0.366. The van der Waals surface area contributed by atoms with Crippen LogP contribution in [0.5, 0.6) is 0 Å². The Labute approximate surface area is 84.3 Å². The molecule has 0 spiro atoms. The molecule has 74 valence electrons. The van der Waals surface area contributed by atoms with Gasteiger partial charge in [-0.3, -0.25) is 0 Å². The second-order valence-corrected chi connectivity index (χ2v) is 2.91. The van der Waals surface area contributed by atoms with Gasteiger partial charge in [-0.1, -0.05) is 23.2 Å². The number of halogens is 5. The normalized spacial score (nSPS) is 9.08. The molecule has 0 fully saturated rings. The molecule has 1 rings (SSSR count). The van der Waals surface area contributed by atoms with Gasteiger partial charge in [0.2, 0.25) is 6.93 Å². The topological polar surface area (TPSA) is 0 Å². The summed E-state index contributed by atoms with van der Waals surface area (Å²) < 4.78 is 31.7. The predicted octanol–water partition coefficient (Wildman–Crippen LogP) is 4.32. The minimum Gasteiger partial charge on any atom is -0.214 e. The van der Waals surface area contributed by atoms with E-state index in [2.05, 4.69) is 0 Å². The molecule has 0 bridgehead atoms. The van der Waals surface area contributed by atoms with Crippen molar-refractivity contribution in [3.8, 4) is 0 Å². The molecule has 0 heterocycles. The third-order valence-corrected chi connectivity index (χ3v) is 2.03. The van der Waals surface area contributed by atoms with Crippen LogP contribution in [0.25, 0.3) is 0 Å². The van der Waals surface area contributed by atoms with Crippen LogP contribution in [-0.4, -0.2) is 6.93 Å². The third kappa shape index (κ3) is 4.39. The maximum Gasteiger partial charge on any atom is 0.229 e. The van der Waals surface area contributed by atoms with Crippen molar-refractivity contribution in [2.45, 2.75) is 6.92 Å². The summed E-state index contributed by atoms with van der Waals surface area (Å²) in [4.78, 5) is 0. The first-order valence-electron chi connectivity index (χ1n) is 3.26. The van der Waals surface area contributed by atoms with Gasteiger partial charge in [-0.25, -0.2) is 13.2 Å². The third-order valence-electron chi connectivity index (χ3n) is 1.25. The van der Waals surface area contributed by atoms with Crippen LogP contribution in [0.1, 0.15) is 5.56 Å². The summed E-state index contributed by atoms with van der Waals surface area (Å²) in [5, 5.41) is 0.731. The predicted molar refractivity (Wildman–Crippen MR) is 48.2 cm³/mol. The summed E-state index contributed by atoms with van der Waals surface area (Å²) >= 11 is 11.2. The number of alkyl halides is 2. The first kappa shape index (κ1) is 12.6. The Hall–Kier alpha value is -0.410. The second-order valence-electron chi connectivity index (χ2n) is 2.10. The lowest BCUT2D eigenvalue weighted by Crippen LogP contribution is -1.80. The summed E-state index contributed by atoms with van der Waals surface area (Å²) in [7, 11) is 0. The first-order valence-corrected chi connectivity index (χ1v) is 4.01. The maximum absolute atomic E-state index is 12.4. The number of rotatable bonds is 0. The Kier molecular flexibility index (Phi) is 5.91. The molecule has 0 aliphatic rings. The summed E-state index contributed by atoms with van der Waals surface area (Å²) in [5.41, 5.74) is 0.713. The highest BCUT2D eigenvalue weighted by Crippen LogP contribution is 2.24. The van der Waals surface area contributed by atoms with E-state index in [1.165, 1.54) is 12.1 Å². The van der Waals surface area contributed by atoms with Crippen LogP contribution >= 0.6 is 23.2 Å². The average molecular weight is 231 g/mol. The van der Waals surface area contributed by atoms with Crippen LogP contribution in [0.2, 0.25) is 10.0 Å². The largest absolute Gasteiger partial charge is 0.229 e. The molecule has 0 aliphatic heterocycles. The van der Waals surface area contributed by atoms with Crippen molar-refractivity contribution in [1.82, 2.24) is 0 Å². The van der Waals surface area contributed by atoms with Crippen molar-refractivity contribution in [3.05, 3.63) is 33.6 Å². The van der Waals surface area contributed by atoms with Gasteiger partial charge in [0.1, 0.15) is 5.82 Å². The van der Waals surface area contributed by atoms with E-state index < -0.39 is 12.7 Å². The first-order chi connectivity index (χ1) is 6.02. The molecule has 0 atom stereocenters. The minimum atomic E-state index is -1.75. The van der Waals surface area contributed by atoms with Crippen LogP contribution in [0, 0.1) is 12.7 Å². The van der Waals surface area contributed by atoms with Gasteiger partial charge in [-0.05, 0) is 24.6 Å². The highest BCUT2D eigenvalue weighted by Gasteiger charge is 2.01. The van der Waals surface area contributed by atoms with Gasteiger partial charge < -0.3 is 0 Å². The van der Waals surface area contributed by atoms with E-state index in [9.17, 15) is 13.2 Å². The summed E-state index contributed by atoms with van der Waals surface area (Å²) in [6.45, 7) is -0.00981. The molecule has 0 unspecified atom stereocenters.